The van der Waals surface area contributed by atoms with Gasteiger partial charge in [-0.15, -0.1) is 0 Å². The molecule has 0 fully saturated rings. The van der Waals surface area contributed by atoms with E-state index in [1.165, 1.54) is 0 Å². The van der Waals surface area contributed by atoms with Gasteiger partial charge in [-0.2, -0.15) is 16.8 Å². The third kappa shape index (κ3) is 6.12. The van der Waals surface area contributed by atoms with Crippen LogP contribution in [0.25, 0.3) is 16.7 Å². The molecule has 0 spiro atoms. The normalized spacial score (nSPS) is 19.1. The Kier molecular flexibility index (Phi) is 8.93. The molecule has 0 saturated heterocycles. The lowest BCUT2D eigenvalue weighted by atomic mass is 9.78. The lowest BCUT2D eigenvalue weighted by Crippen LogP contribution is -2.53. The first-order valence-corrected chi connectivity index (χ1v) is 22.2. The number of nitrogens with zero attached hydrogens (tertiary/aromatic N) is 2. The third-order valence-corrected chi connectivity index (χ3v) is 14.3. The van der Waals surface area contributed by atoms with Crippen molar-refractivity contribution in [3.05, 3.63) is 93.9 Å². The first-order chi connectivity index (χ1) is 25.5. The van der Waals surface area contributed by atoms with E-state index in [0.29, 0.717) is 83.3 Å². The van der Waals surface area contributed by atoms with E-state index in [1.54, 1.807) is 24.3 Å². The Labute approximate surface area is 337 Å². The molecule has 5 aliphatic heterocycles. The van der Waals surface area contributed by atoms with E-state index in [0.717, 1.165) is 22.2 Å². The maximum atomic E-state index is 13.2. The van der Waals surface area contributed by atoms with E-state index in [2.05, 4.69) is 9.48 Å². The molecule has 0 amide bonds. The number of hydrogen-bond acceptors (Lipinski definition) is 7. The van der Waals surface area contributed by atoms with Crippen molar-refractivity contribution in [3.63, 3.8) is 0 Å². The van der Waals surface area contributed by atoms with Gasteiger partial charge < -0.3 is 14.7 Å². The molecule has 290 valence electrons. The Balaban J connectivity index is 1.62. The average molecular weight is 870 g/mol. The number of rotatable bonds is 6. The summed E-state index contributed by atoms with van der Waals surface area (Å²) in [6.07, 6.45) is 6.06. The second kappa shape index (κ2) is 12.7. The van der Waals surface area contributed by atoms with Gasteiger partial charge in [-0.3, -0.25) is 9.11 Å². The van der Waals surface area contributed by atoms with E-state index < -0.39 is 54.4 Å². The highest BCUT2D eigenvalue weighted by atomic mass is 35.5. The third-order valence-electron chi connectivity index (χ3n) is 11.1. The van der Waals surface area contributed by atoms with Crippen LogP contribution in [0.2, 0.25) is 20.1 Å². The molecule has 0 aliphatic carbocycles. The van der Waals surface area contributed by atoms with Crippen LogP contribution in [0.5, 0.6) is 11.5 Å². The summed E-state index contributed by atoms with van der Waals surface area (Å²) in [7, 11) is -9.03. The number of halogens is 4. The molecule has 17 heteroatoms. The Morgan fingerprint density at radius 2 is 1.44 bits per heavy atom. The van der Waals surface area contributed by atoms with Gasteiger partial charge in [-0.1, -0.05) is 52.5 Å². The molecule has 3 N–H and O–H groups in total. The van der Waals surface area contributed by atoms with Crippen molar-refractivity contribution in [2.75, 3.05) is 29.5 Å². The van der Waals surface area contributed by atoms with Crippen molar-refractivity contribution < 1.29 is 40.6 Å². The summed E-state index contributed by atoms with van der Waals surface area (Å²) < 4.78 is 79.4. The second-order valence-corrected chi connectivity index (χ2v) is 20.1. The number of hydrogen-bond donors (Lipinski definition) is 3. The first kappa shape index (κ1) is 38.7. The zero-order valence-corrected chi connectivity index (χ0v) is 34.6. The number of benzene rings is 3. The standard InChI is InChI=1S/C38H34Cl4N2O9S2/c1-37(2)13-17(15-54(47,48)49)21-11-23-25(26-27(36(45)46)29(40)31(42)30(41)28(26)39)24-12-22-18(16-55(50,51)52)14-38(3,4)44-10-6-8-20(33(22)44)35(24)53-34(23)19-7-5-9-43(37)32(19)21/h11-14H,5-10,15-16H2,1-4H3,(H2-,45,46,47,48,49,50,51,52)/p+1. The predicted octanol–water partition coefficient (Wildman–Crippen LogP) is 6.67. The molecule has 0 radical (unpaired) electrons. The van der Waals surface area contributed by atoms with Crippen LogP contribution in [0.4, 0.5) is 5.69 Å². The van der Waals surface area contributed by atoms with Gasteiger partial charge in [0.2, 0.25) is 5.36 Å². The van der Waals surface area contributed by atoms with Crippen LogP contribution in [0, 0.1) is 0 Å². The smallest absolute Gasteiger partial charge is 0.337 e. The van der Waals surface area contributed by atoms with Gasteiger partial charge in [0.15, 0.2) is 5.54 Å². The first-order valence-electron chi connectivity index (χ1n) is 17.5. The lowest BCUT2D eigenvalue weighted by Gasteiger charge is -2.47. The summed E-state index contributed by atoms with van der Waals surface area (Å²) in [5.41, 5.74) is 2.65. The highest BCUT2D eigenvalue weighted by Crippen LogP contribution is 2.54. The van der Waals surface area contributed by atoms with Crippen molar-refractivity contribution in [1.29, 1.82) is 0 Å². The number of anilines is 1. The Morgan fingerprint density at radius 3 is 2.07 bits per heavy atom. The largest absolute Gasteiger partial charge is 0.478 e. The van der Waals surface area contributed by atoms with Crippen molar-refractivity contribution in [3.8, 4) is 11.5 Å². The molecule has 3 aromatic carbocycles. The number of ether oxygens (including phenoxy) is 1. The highest BCUT2D eigenvalue weighted by Gasteiger charge is 2.44. The monoisotopic (exact) mass is 867 g/mol. The summed E-state index contributed by atoms with van der Waals surface area (Å²) in [6, 6.07) is 3.43. The van der Waals surface area contributed by atoms with Crippen LogP contribution in [-0.4, -0.2) is 72.7 Å². The fraction of sp³-hybridized carbons (Fsp3) is 0.368. The molecule has 0 aromatic heterocycles. The van der Waals surface area contributed by atoms with Crippen LogP contribution in [-0.2, 0) is 33.1 Å². The minimum atomic E-state index is -4.51. The Morgan fingerprint density at radius 1 is 0.818 bits per heavy atom. The van der Waals surface area contributed by atoms with E-state index >= 15 is 0 Å². The molecular weight excluding hydrogens is 834 g/mol. The summed E-state index contributed by atoms with van der Waals surface area (Å²) in [5, 5.41) is 10.8. The highest BCUT2D eigenvalue weighted by molar-refractivity contribution is 7.86. The summed E-state index contributed by atoms with van der Waals surface area (Å²) in [6.45, 7) is 9.15. The lowest BCUT2D eigenvalue weighted by molar-refractivity contribution is 0.0696. The van der Waals surface area contributed by atoms with Gasteiger partial charge >= 0.3 is 5.97 Å². The van der Waals surface area contributed by atoms with Gasteiger partial charge in [0.1, 0.15) is 29.5 Å². The zero-order chi connectivity index (χ0) is 39.9. The van der Waals surface area contributed by atoms with E-state index in [9.17, 15) is 35.8 Å². The Hall–Kier alpha value is -3.14. The van der Waals surface area contributed by atoms with Gasteiger partial charge in [-0.25, -0.2) is 9.37 Å². The van der Waals surface area contributed by atoms with E-state index in [4.69, 9.17) is 51.1 Å². The number of carbonyl (C=O) groups is 1. The van der Waals surface area contributed by atoms with Crippen molar-refractivity contribution in [1.82, 2.24) is 4.58 Å². The van der Waals surface area contributed by atoms with Gasteiger partial charge in [0, 0.05) is 59.9 Å². The van der Waals surface area contributed by atoms with E-state index in [-0.39, 0.29) is 31.2 Å². The van der Waals surface area contributed by atoms with Crippen molar-refractivity contribution >= 4 is 95.0 Å². The summed E-state index contributed by atoms with van der Waals surface area (Å²) >= 11 is 26.9. The molecule has 0 saturated carbocycles. The number of fused-ring (bicyclic) bond motifs is 4. The maximum absolute atomic E-state index is 13.2. The quantitative estimate of drug-likeness (QED) is 0.0827. The molecule has 8 rings (SSSR count). The van der Waals surface area contributed by atoms with Gasteiger partial charge in [-0.05, 0) is 62.5 Å². The molecular formula is C38H35Cl4N2O9S2+. The molecule has 0 unspecified atom stereocenters. The molecule has 5 heterocycles. The van der Waals surface area contributed by atoms with Gasteiger partial charge in [0.25, 0.3) is 20.2 Å². The molecule has 55 heavy (non-hydrogen) atoms. The van der Waals surface area contributed by atoms with Crippen molar-refractivity contribution in [2.45, 2.75) is 64.5 Å². The summed E-state index contributed by atoms with van der Waals surface area (Å²) in [4.78, 5) is 15.4. The molecule has 0 atom stereocenters. The minimum Gasteiger partial charge on any atom is -0.478 e. The second-order valence-electron chi connectivity index (χ2n) is 15.7. The minimum absolute atomic E-state index is 0.0769. The molecule has 11 nitrogen and oxygen atoms in total. The molecule has 0 bridgehead atoms. The summed E-state index contributed by atoms with van der Waals surface area (Å²) in [5.74, 6) is -2.02. The van der Waals surface area contributed by atoms with Crippen LogP contribution >= 0.6 is 46.4 Å². The van der Waals surface area contributed by atoms with Crippen LogP contribution < -0.4 is 24.8 Å². The molecule has 5 aliphatic rings. The maximum Gasteiger partial charge on any atom is 0.337 e. The fourth-order valence-electron chi connectivity index (χ4n) is 9.18. The number of aromatic carboxylic acids is 1. The topological polar surface area (TPSA) is 162 Å². The SMILES string of the molecule is CC1(C)C=C(CS(=O)(=O)O)c2cc3c(c4c2N1CCC4)Oc1c2c4c(cc1=C3c1c(Cl)c(Cl)c(Cl)c(Cl)c1C(=O)O)C(CS(=O)(=O)O)=CC(C)(C)[N+]=4CCC2. The fourth-order valence-corrected chi connectivity index (χ4v) is 11.5. The van der Waals surface area contributed by atoms with Gasteiger partial charge in [0.05, 0.1) is 48.0 Å². The number of carboxylic acids is 1. The number of carboxylic acid groups (broad SMARTS) is 1. The van der Waals surface area contributed by atoms with Crippen LogP contribution in [0.3, 0.4) is 0 Å². The zero-order valence-electron chi connectivity index (χ0n) is 30.0. The Bertz CT molecular complexity index is 2780. The van der Waals surface area contributed by atoms with Crippen LogP contribution in [0.15, 0.2) is 24.3 Å². The average Bonchev–Trinajstić information content (AvgIpc) is 3.07. The van der Waals surface area contributed by atoms with Crippen LogP contribution in [0.1, 0.15) is 84.3 Å². The predicted molar refractivity (Wildman–Crippen MR) is 214 cm³/mol. The molecule has 3 aromatic rings. The van der Waals surface area contributed by atoms with Crippen molar-refractivity contribution in [2.24, 2.45) is 0 Å². The van der Waals surface area contributed by atoms with E-state index in [1.807, 2.05) is 27.7 Å².